The SMILES string of the molecule is Cc1cc(C(=O)CCC2=C(C(C)C)NC(c3ccc(C(F)(F)F)cc3)S2)ccc1OC(C)(C)C(=O)O. The molecule has 0 radical (unpaired) electrons. The molecular formula is C27H30F3NO4S. The van der Waals surface area contributed by atoms with Crippen molar-refractivity contribution < 1.29 is 32.6 Å². The Bertz CT molecular complexity index is 1170. The molecule has 0 aliphatic carbocycles. The first-order valence-electron chi connectivity index (χ1n) is 11.6. The minimum atomic E-state index is -4.38. The maximum Gasteiger partial charge on any atom is 0.416 e. The van der Waals surface area contributed by atoms with Crippen molar-refractivity contribution in [3.05, 3.63) is 75.3 Å². The van der Waals surface area contributed by atoms with Gasteiger partial charge in [-0.1, -0.05) is 37.7 Å². The Hall–Kier alpha value is -2.94. The summed E-state index contributed by atoms with van der Waals surface area (Å²) in [5, 5.41) is 12.5. The summed E-state index contributed by atoms with van der Waals surface area (Å²) in [6.07, 6.45) is -3.61. The number of carboxylic acids is 1. The Morgan fingerprint density at radius 2 is 1.75 bits per heavy atom. The fourth-order valence-corrected chi connectivity index (χ4v) is 5.17. The molecule has 0 bridgehead atoms. The smallest absolute Gasteiger partial charge is 0.416 e. The zero-order valence-electron chi connectivity index (χ0n) is 20.8. The third-order valence-corrected chi connectivity index (χ3v) is 7.26. The van der Waals surface area contributed by atoms with Crippen molar-refractivity contribution in [2.45, 2.75) is 64.6 Å². The van der Waals surface area contributed by atoms with Crippen LogP contribution in [-0.4, -0.2) is 22.5 Å². The van der Waals surface area contributed by atoms with Gasteiger partial charge in [-0.25, -0.2) is 4.79 Å². The number of ether oxygens (including phenoxy) is 1. The van der Waals surface area contributed by atoms with Crippen LogP contribution in [0, 0.1) is 12.8 Å². The number of alkyl halides is 3. The number of Topliss-reactive ketones (excluding diaryl/α,β-unsaturated/α-hetero) is 1. The van der Waals surface area contributed by atoms with E-state index in [0.717, 1.165) is 28.3 Å². The maximum atomic E-state index is 12.9. The molecule has 2 aromatic rings. The Balaban J connectivity index is 1.67. The molecule has 9 heteroatoms. The van der Waals surface area contributed by atoms with E-state index in [1.54, 1.807) is 25.1 Å². The molecule has 0 saturated heterocycles. The highest BCUT2D eigenvalue weighted by molar-refractivity contribution is 8.03. The molecule has 0 amide bonds. The number of rotatable bonds is 9. The molecule has 0 aromatic heterocycles. The van der Waals surface area contributed by atoms with Gasteiger partial charge in [0.2, 0.25) is 0 Å². The van der Waals surface area contributed by atoms with E-state index < -0.39 is 23.3 Å². The van der Waals surface area contributed by atoms with Crippen LogP contribution in [0.15, 0.2) is 53.1 Å². The van der Waals surface area contributed by atoms with Gasteiger partial charge >= 0.3 is 12.1 Å². The second kappa shape index (κ2) is 10.6. The highest BCUT2D eigenvalue weighted by atomic mass is 32.2. The summed E-state index contributed by atoms with van der Waals surface area (Å²) in [6, 6.07) is 10.1. The summed E-state index contributed by atoms with van der Waals surface area (Å²) < 4.78 is 44.3. The van der Waals surface area contributed by atoms with E-state index in [9.17, 15) is 27.9 Å². The van der Waals surface area contributed by atoms with Crippen LogP contribution in [0.1, 0.15) is 73.0 Å². The molecule has 36 heavy (non-hydrogen) atoms. The van der Waals surface area contributed by atoms with Gasteiger partial charge in [0.15, 0.2) is 11.4 Å². The van der Waals surface area contributed by atoms with Gasteiger partial charge in [-0.15, -0.1) is 0 Å². The number of aliphatic carboxylic acids is 1. The maximum absolute atomic E-state index is 12.9. The van der Waals surface area contributed by atoms with Crippen LogP contribution < -0.4 is 10.1 Å². The number of ketones is 1. The topological polar surface area (TPSA) is 75.6 Å². The number of carbonyl (C=O) groups excluding carboxylic acids is 1. The van der Waals surface area contributed by atoms with Crippen molar-refractivity contribution in [2.24, 2.45) is 5.92 Å². The number of hydrogen-bond donors (Lipinski definition) is 2. The van der Waals surface area contributed by atoms with Crippen LogP contribution in [0.5, 0.6) is 5.75 Å². The number of carbonyl (C=O) groups is 2. The van der Waals surface area contributed by atoms with Crippen molar-refractivity contribution in [3.63, 3.8) is 0 Å². The van der Waals surface area contributed by atoms with Crippen LogP contribution >= 0.6 is 11.8 Å². The van der Waals surface area contributed by atoms with E-state index in [1.165, 1.54) is 37.7 Å². The standard InChI is InChI=1S/C27H30F3NO4S/c1-15(2)23-22(36-24(31-23)17-6-9-19(10-7-17)27(28,29)30)13-11-20(32)18-8-12-21(16(3)14-18)35-26(4,5)25(33)34/h6-10,12,14-15,24,31H,11,13H2,1-5H3,(H,33,34). The molecule has 3 rings (SSSR count). The molecule has 1 heterocycles. The Morgan fingerprint density at radius 3 is 2.28 bits per heavy atom. The lowest BCUT2D eigenvalue weighted by Gasteiger charge is -2.23. The lowest BCUT2D eigenvalue weighted by molar-refractivity contribution is -0.152. The normalized spacial score (nSPS) is 16.3. The molecular weight excluding hydrogens is 491 g/mol. The number of carboxylic acid groups (broad SMARTS) is 1. The number of hydrogen-bond acceptors (Lipinski definition) is 5. The van der Waals surface area contributed by atoms with Gasteiger partial charge in [0.25, 0.3) is 0 Å². The average Bonchev–Trinajstić information content (AvgIpc) is 3.23. The summed E-state index contributed by atoms with van der Waals surface area (Å²) in [5.41, 5.74) is 0.824. The van der Waals surface area contributed by atoms with Gasteiger partial charge < -0.3 is 15.2 Å². The fraction of sp³-hybridized carbons (Fsp3) is 0.407. The zero-order chi connectivity index (χ0) is 26.8. The molecule has 0 saturated carbocycles. The number of thioether (sulfide) groups is 1. The second-order valence-electron chi connectivity index (χ2n) is 9.57. The number of nitrogens with one attached hydrogen (secondary N) is 1. The number of allylic oxidation sites excluding steroid dienone is 2. The molecule has 2 N–H and O–H groups in total. The van der Waals surface area contributed by atoms with Crippen LogP contribution in [0.2, 0.25) is 0 Å². The molecule has 1 aliphatic rings. The third kappa shape index (κ3) is 6.43. The van der Waals surface area contributed by atoms with Crippen molar-refractivity contribution >= 4 is 23.5 Å². The zero-order valence-corrected chi connectivity index (χ0v) is 21.6. The van der Waals surface area contributed by atoms with Crippen molar-refractivity contribution in [3.8, 4) is 5.75 Å². The molecule has 1 aliphatic heterocycles. The van der Waals surface area contributed by atoms with Crippen LogP contribution in [0.3, 0.4) is 0 Å². The Morgan fingerprint density at radius 1 is 1.11 bits per heavy atom. The lowest BCUT2D eigenvalue weighted by Crippen LogP contribution is -2.38. The lowest BCUT2D eigenvalue weighted by atomic mass is 10.0. The van der Waals surface area contributed by atoms with Gasteiger partial charge in [0, 0.05) is 22.6 Å². The molecule has 0 spiro atoms. The van der Waals surface area contributed by atoms with Gasteiger partial charge in [-0.3, -0.25) is 4.79 Å². The minimum Gasteiger partial charge on any atom is -0.478 e. The van der Waals surface area contributed by atoms with Gasteiger partial charge in [-0.05, 0) is 74.6 Å². The predicted octanol–water partition coefficient (Wildman–Crippen LogP) is 7.12. The average molecular weight is 522 g/mol. The molecule has 5 nitrogen and oxygen atoms in total. The quantitative estimate of drug-likeness (QED) is 0.342. The fourth-order valence-electron chi connectivity index (χ4n) is 3.76. The summed E-state index contributed by atoms with van der Waals surface area (Å²) in [6.45, 7) is 8.73. The summed E-state index contributed by atoms with van der Waals surface area (Å²) in [7, 11) is 0. The predicted molar refractivity (Wildman–Crippen MR) is 134 cm³/mol. The largest absolute Gasteiger partial charge is 0.478 e. The molecule has 0 fully saturated rings. The first-order chi connectivity index (χ1) is 16.7. The van der Waals surface area contributed by atoms with Gasteiger partial charge in [0.05, 0.1) is 5.56 Å². The van der Waals surface area contributed by atoms with E-state index in [4.69, 9.17) is 4.74 Å². The van der Waals surface area contributed by atoms with Crippen molar-refractivity contribution in [1.29, 1.82) is 0 Å². The summed E-state index contributed by atoms with van der Waals surface area (Å²) >= 11 is 1.52. The first-order valence-corrected chi connectivity index (χ1v) is 12.5. The van der Waals surface area contributed by atoms with Gasteiger partial charge in [0.1, 0.15) is 11.1 Å². The Kier molecular flexibility index (Phi) is 8.13. The first kappa shape index (κ1) is 27.6. The molecule has 2 aromatic carbocycles. The summed E-state index contributed by atoms with van der Waals surface area (Å²) in [5.74, 6) is -0.582. The molecule has 1 unspecified atom stereocenters. The molecule has 1 atom stereocenters. The van der Waals surface area contributed by atoms with Crippen LogP contribution in [0.4, 0.5) is 13.2 Å². The van der Waals surface area contributed by atoms with Gasteiger partial charge in [-0.2, -0.15) is 13.2 Å². The van der Waals surface area contributed by atoms with Crippen LogP contribution in [0.25, 0.3) is 0 Å². The number of benzene rings is 2. The second-order valence-corrected chi connectivity index (χ2v) is 10.8. The third-order valence-electron chi connectivity index (χ3n) is 5.92. The highest BCUT2D eigenvalue weighted by Gasteiger charge is 2.32. The summed E-state index contributed by atoms with van der Waals surface area (Å²) in [4.78, 5) is 25.3. The van der Waals surface area contributed by atoms with Crippen molar-refractivity contribution in [1.82, 2.24) is 5.32 Å². The minimum absolute atomic E-state index is 0.0590. The van der Waals surface area contributed by atoms with Crippen LogP contribution in [-0.2, 0) is 11.0 Å². The van der Waals surface area contributed by atoms with E-state index in [1.807, 2.05) is 13.8 Å². The number of aryl methyl sites for hydroxylation is 1. The van der Waals surface area contributed by atoms with Crippen molar-refractivity contribution in [2.75, 3.05) is 0 Å². The van der Waals surface area contributed by atoms with E-state index >= 15 is 0 Å². The van der Waals surface area contributed by atoms with E-state index in [-0.39, 0.29) is 23.5 Å². The highest BCUT2D eigenvalue weighted by Crippen LogP contribution is 2.45. The Labute approximate surface area is 213 Å². The number of halogens is 3. The molecule has 194 valence electrons. The monoisotopic (exact) mass is 521 g/mol. The van der Waals surface area contributed by atoms with E-state index in [0.29, 0.717) is 23.3 Å². The van der Waals surface area contributed by atoms with E-state index in [2.05, 4.69) is 5.32 Å².